The van der Waals surface area contributed by atoms with E-state index >= 15 is 0 Å². The molecule has 0 N–H and O–H groups in total. The summed E-state index contributed by atoms with van der Waals surface area (Å²) in [6, 6.07) is 39.9. The molecule has 0 amide bonds. The van der Waals surface area contributed by atoms with Crippen LogP contribution in [0, 0.1) is 0 Å². The molecule has 2 heterocycles. The van der Waals surface area contributed by atoms with E-state index in [1.807, 2.05) is 0 Å². The van der Waals surface area contributed by atoms with Crippen molar-refractivity contribution in [1.29, 1.82) is 0 Å². The summed E-state index contributed by atoms with van der Waals surface area (Å²) in [6.45, 7) is 0. The second-order valence-corrected chi connectivity index (χ2v) is 11.1. The summed E-state index contributed by atoms with van der Waals surface area (Å²) in [7, 11) is 0. The number of aromatic nitrogens is 2. The highest BCUT2D eigenvalue weighted by molar-refractivity contribution is 6.11. The highest BCUT2D eigenvalue weighted by atomic mass is 15.0. The van der Waals surface area contributed by atoms with E-state index in [2.05, 4.69) is 114 Å². The molecule has 2 nitrogen and oxygen atoms in total. The predicted molar refractivity (Wildman–Crippen MR) is 158 cm³/mol. The van der Waals surface area contributed by atoms with E-state index in [9.17, 15) is 0 Å². The zero-order valence-electron chi connectivity index (χ0n) is 21.1. The van der Waals surface area contributed by atoms with Crippen LogP contribution in [-0.2, 0) is 0 Å². The predicted octanol–water partition coefficient (Wildman–Crippen LogP) is 9.52. The van der Waals surface area contributed by atoms with Gasteiger partial charge in [-0.15, -0.1) is 0 Å². The molecule has 9 rings (SSSR count). The van der Waals surface area contributed by atoms with Gasteiger partial charge in [-0.2, -0.15) is 0 Å². The van der Waals surface area contributed by atoms with E-state index in [1.165, 1.54) is 79.7 Å². The first-order chi connectivity index (χ1) is 18.8. The van der Waals surface area contributed by atoms with Gasteiger partial charge in [-0.3, -0.25) is 0 Å². The molecule has 180 valence electrons. The minimum absolute atomic E-state index is 0.629. The molecule has 2 unspecified atom stereocenters. The molecular weight excluding hydrogens is 460 g/mol. The SMILES string of the molecule is c1ccc(-n2c3ccccc3c3ccc(-c4nc5c(ccc6ccccc65)c5c4C4CCC5C4)cc32)cc1. The van der Waals surface area contributed by atoms with Gasteiger partial charge < -0.3 is 4.57 Å². The number of benzene rings is 5. The molecule has 2 aromatic heterocycles. The Hall–Kier alpha value is -4.43. The summed E-state index contributed by atoms with van der Waals surface area (Å²) in [6.07, 6.45) is 3.88. The van der Waals surface area contributed by atoms with Crippen LogP contribution < -0.4 is 0 Å². The van der Waals surface area contributed by atoms with Gasteiger partial charge in [0.2, 0.25) is 0 Å². The number of hydrogen-bond donors (Lipinski definition) is 0. The number of hydrogen-bond acceptors (Lipinski definition) is 1. The van der Waals surface area contributed by atoms with Crippen LogP contribution in [0.15, 0.2) is 109 Å². The molecule has 1 saturated carbocycles. The summed E-state index contributed by atoms with van der Waals surface area (Å²) < 4.78 is 2.41. The van der Waals surface area contributed by atoms with Crippen molar-refractivity contribution in [3.63, 3.8) is 0 Å². The molecule has 38 heavy (non-hydrogen) atoms. The highest BCUT2D eigenvalue weighted by Gasteiger charge is 2.40. The minimum atomic E-state index is 0.629. The second kappa shape index (κ2) is 7.55. The summed E-state index contributed by atoms with van der Waals surface area (Å²) >= 11 is 0. The van der Waals surface area contributed by atoms with Crippen molar-refractivity contribution in [3.8, 4) is 16.9 Å². The lowest BCUT2D eigenvalue weighted by atomic mass is 9.85. The van der Waals surface area contributed by atoms with Gasteiger partial charge in [-0.1, -0.05) is 84.9 Å². The third kappa shape index (κ3) is 2.70. The second-order valence-electron chi connectivity index (χ2n) is 11.1. The van der Waals surface area contributed by atoms with E-state index in [1.54, 1.807) is 5.56 Å². The van der Waals surface area contributed by atoms with Crippen molar-refractivity contribution < 1.29 is 0 Å². The first kappa shape index (κ1) is 20.6. The summed E-state index contributed by atoms with van der Waals surface area (Å²) in [5.74, 6) is 1.30. The Bertz CT molecular complexity index is 2070. The van der Waals surface area contributed by atoms with Gasteiger partial charge in [-0.25, -0.2) is 4.98 Å². The number of para-hydroxylation sites is 2. The normalized spacial score (nSPS) is 18.2. The average Bonchev–Trinajstić information content (AvgIpc) is 3.69. The topological polar surface area (TPSA) is 17.8 Å². The molecule has 0 radical (unpaired) electrons. The third-order valence-corrected chi connectivity index (χ3v) is 9.17. The molecule has 0 saturated heterocycles. The lowest BCUT2D eigenvalue weighted by molar-refractivity contribution is 0.720. The molecule has 2 aliphatic carbocycles. The summed E-state index contributed by atoms with van der Waals surface area (Å²) in [4.78, 5) is 5.52. The van der Waals surface area contributed by atoms with Gasteiger partial charge >= 0.3 is 0 Å². The Morgan fingerprint density at radius 2 is 1.29 bits per heavy atom. The zero-order chi connectivity index (χ0) is 24.8. The van der Waals surface area contributed by atoms with Gasteiger partial charge in [0.25, 0.3) is 0 Å². The van der Waals surface area contributed by atoms with E-state index in [0.717, 1.165) is 5.52 Å². The maximum atomic E-state index is 5.52. The van der Waals surface area contributed by atoms with Crippen LogP contribution in [0.3, 0.4) is 0 Å². The van der Waals surface area contributed by atoms with E-state index in [0.29, 0.717) is 11.8 Å². The minimum Gasteiger partial charge on any atom is -0.309 e. The molecule has 2 bridgehead atoms. The molecule has 1 fully saturated rings. The summed E-state index contributed by atoms with van der Waals surface area (Å²) in [5.41, 5.74) is 10.4. The van der Waals surface area contributed by atoms with Crippen molar-refractivity contribution in [2.45, 2.75) is 31.1 Å². The van der Waals surface area contributed by atoms with Gasteiger partial charge in [0.1, 0.15) is 0 Å². The molecule has 0 aliphatic heterocycles. The lowest BCUT2D eigenvalue weighted by Crippen LogP contribution is -2.04. The standard InChI is InChI=1S/C36H26N2/c1-2-9-26(10-3-1)38-31-13-7-6-12-28(31)29-18-17-25(21-32(29)38)35-34-24-15-14-23(20-24)33(34)30-19-16-22-8-4-5-11-27(22)36(30)37-35/h1-13,16-19,21,23-24H,14-15,20H2. The van der Waals surface area contributed by atoms with Crippen LogP contribution in [-0.4, -0.2) is 9.55 Å². The Labute approximate surface area is 221 Å². The van der Waals surface area contributed by atoms with Crippen molar-refractivity contribution in [1.82, 2.24) is 9.55 Å². The fraction of sp³-hybridized carbons (Fsp3) is 0.139. The van der Waals surface area contributed by atoms with Crippen molar-refractivity contribution in [3.05, 3.63) is 120 Å². The van der Waals surface area contributed by atoms with Crippen LogP contribution in [0.2, 0.25) is 0 Å². The van der Waals surface area contributed by atoms with Crippen molar-refractivity contribution >= 4 is 43.5 Å². The van der Waals surface area contributed by atoms with Crippen molar-refractivity contribution in [2.24, 2.45) is 0 Å². The van der Waals surface area contributed by atoms with Crippen molar-refractivity contribution in [2.75, 3.05) is 0 Å². The van der Waals surface area contributed by atoms with Gasteiger partial charge in [-0.05, 0) is 71.9 Å². The van der Waals surface area contributed by atoms with Gasteiger partial charge in [0.05, 0.1) is 22.2 Å². The molecule has 5 aromatic carbocycles. The molecular formula is C36H26N2. The van der Waals surface area contributed by atoms with E-state index in [-0.39, 0.29) is 0 Å². The molecule has 2 atom stereocenters. The summed E-state index contributed by atoms with van der Waals surface area (Å²) in [5, 5.41) is 6.48. The molecule has 2 aliphatic rings. The molecule has 0 spiro atoms. The lowest BCUT2D eigenvalue weighted by Gasteiger charge is -2.22. The maximum Gasteiger partial charge on any atom is 0.0790 e. The quantitative estimate of drug-likeness (QED) is 0.222. The largest absolute Gasteiger partial charge is 0.309 e. The molecule has 2 heteroatoms. The first-order valence-corrected chi connectivity index (χ1v) is 13.8. The smallest absolute Gasteiger partial charge is 0.0790 e. The Morgan fingerprint density at radius 1 is 0.579 bits per heavy atom. The van der Waals surface area contributed by atoms with Crippen LogP contribution in [0.1, 0.15) is 42.2 Å². The highest BCUT2D eigenvalue weighted by Crippen LogP contribution is 2.57. The van der Waals surface area contributed by atoms with Crippen LogP contribution in [0.25, 0.3) is 60.4 Å². The van der Waals surface area contributed by atoms with Crippen LogP contribution in [0.4, 0.5) is 0 Å². The Morgan fingerprint density at radius 3 is 2.18 bits per heavy atom. The number of nitrogens with zero attached hydrogens (tertiary/aromatic N) is 2. The fourth-order valence-corrected chi connectivity index (χ4v) is 7.59. The van der Waals surface area contributed by atoms with E-state index < -0.39 is 0 Å². The number of fused-ring (bicyclic) bond motifs is 12. The maximum absolute atomic E-state index is 5.52. The average molecular weight is 487 g/mol. The first-order valence-electron chi connectivity index (χ1n) is 13.8. The third-order valence-electron chi connectivity index (χ3n) is 9.17. The Kier molecular flexibility index (Phi) is 4.09. The van der Waals surface area contributed by atoms with E-state index in [4.69, 9.17) is 4.98 Å². The number of pyridine rings is 1. The number of rotatable bonds is 2. The van der Waals surface area contributed by atoms with Crippen LogP contribution in [0.5, 0.6) is 0 Å². The monoisotopic (exact) mass is 486 g/mol. The van der Waals surface area contributed by atoms with Crippen LogP contribution >= 0.6 is 0 Å². The fourth-order valence-electron chi connectivity index (χ4n) is 7.59. The van der Waals surface area contributed by atoms with Gasteiger partial charge in [0.15, 0.2) is 0 Å². The zero-order valence-corrected chi connectivity index (χ0v) is 21.1. The van der Waals surface area contributed by atoms with Gasteiger partial charge in [0, 0.05) is 32.8 Å². The Balaban J connectivity index is 1.39. The molecule has 7 aromatic rings.